The Kier molecular flexibility index (Phi) is 3.87. The van der Waals surface area contributed by atoms with Crippen molar-refractivity contribution in [2.24, 2.45) is 0 Å². The van der Waals surface area contributed by atoms with E-state index >= 15 is 0 Å². The molecule has 0 atom stereocenters. The van der Waals surface area contributed by atoms with E-state index in [9.17, 15) is 18.0 Å². The Morgan fingerprint density at radius 2 is 2.00 bits per heavy atom. The van der Waals surface area contributed by atoms with Gasteiger partial charge in [-0.1, -0.05) is 0 Å². The molecule has 0 bridgehead atoms. The molecular formula is C7H5ClF3NO. The van der Waals surface area contributed by atoms with Gasteiger partial charge in [0.2, 0.25) is 0 Å². The van der Waals surface area contributed by atoms with E-state index in [-0.39, 0.29) is 12.4 Å². The SMILES string of the molecule is Cl.O=C(c1cccnc1)C(F)(F)F. The van der Waals surface area contributed by atoms with Gasteiger partial charge in [0.1, 0.15) is 0 Å². The molecule has 1 rings (SSSR count). The summed E-state index contributed by atoms with van der Waals surface area (Å²) in [4.78, 5) is 13.9. The largest absolute Gasteiger partial charge is 0.454 e. The standard InChI is InChI=1S/C7H4F3NO.ClH/c8-7(9,10)6(12)5-2-1-3-11-4-5;/h1-4H;1H. The zero-order chi connectivity index (χ0) is 9.19. The number of hydrogen-bond donors (Lipinski definition) is 0. The van der Waals surface area contributed by atoms with Gasteiger partial charge < -0.3 is 0 Å². The summed E-state index contributed by atoms with van der Waals surface area (Å²) in [5, 5.41) is 0. The first kappa shape index (κ1) is 11.9. The third-order valence-electron chi connectivity index (χ3n) is 1.18. The first-order valence-electron chi connectivity index (χ1n) is 3.03. The minimum atomic E-state index is -4.82. The molecule has 2 nitrogen and oxygen atoms in total. The number of pyridine rings is 1. The number of aromatic nitrogens is 1. The first-order valence-corrected chi connectivity index (χ1v) is 3.03. The van der Waals surface area contributed by atoms with Crippen LogP contribution in [0.25, 0.3) is 0 Å². The van der Waals surface area contributed by atoms with Crippen molar-refractivity contribution in [3.63, 3.8) is 0 Å². The normalized spacial score (nSPS) is 10.4. The van der Waals surface area contributed by atoms with E-state index in [1.807, 2.05) is 0 Å². The van der Waals surface area contributed by atoms with Crippen molar-refractivity contribution < 1.29 is 18.0 Å². The van der Waals surface area contributed by atoms with Gasteiger partial charge in [-0.2, -0.15) is 13.2 Å². The minimum Gasteiger partial charge on any atom is -0.284 e. The van der Waals surface area contributed by atoms with E-state index in [1.54, 1.807) is 0 Å². The molecule has 0 fully saturated rings. The Bertz CT molecular complexity index is 286. The lowest BCUT2D eigenvalue weighted by molar-refractivity contribution is -0.0885. The summed E-state index contributed by atoms with van der Waals surface area (Å²) in [6, 6.07) is 2.35. The lowest BCUT2D eigenvalue weighted by Crippen LogP contribution is -2.22. The van der Waals surface area contributed by atoms with E-state index in [4.69, 9.17) is 0 Å². The second kappa shape index (κ2) is 4.23. The van der Waals surface area contributed by atoms with Crippen molar-refractivity contribution in [2.45, 2.75) is 6.18 Å². The predicted molar refractivity (Wildman–Crippen MR) is 41.9 cm³/mol. The molecule has 0 N–H and O–H groups in total. The average Bonchev–Trinajstić information content (AvgIpc) is 2.03. The highest BCUT2D eigenvalue weighted by Gasteiger charge is 2.39. The predicted octanol–water partition coefficient (Wildman–Crippen LogP) is 2.25. The quantitative estimate of drug-likeness (QED) is 0.667. The average molecular weight is 212 g/mol. The van der Waals surface area contributed by atoms with E-state index in [2.05, 4.69) is 4.98 Å². The Morgan fingerprint density at radius 1 is 1.38 bits per heavy atom. The molecule has 1 aromatic heterocycles. The van der Waals surface area contributed by atoms with Crippen LogP contribution in [0.2, 0.25) is 0 Å². The Labute approximate surface area is 78.2 Å². The number of carbonyl (C=O) groups excluding carboxylic acids is 1. The third-order valence-corrected chi connectivity index (χ3v) is 1.18. The van der Waals surface area contributed by atoms with Gasteiger partial charge in [-0.15, -0.1) is 12.4 Å². The molecule has 0 saturated carbocycles. The monoisotopic (exact) mass is 211 g/mol. The maximum atomic E-state index is 11.8. The van der Waals surface area contributed by atoms with Gasteiger partial charge >= 0.3 is 6.18 Å². The van der Waals surface area contributed by atoms with E-state index in [1.165, 1.54) is 12.3 Å². The van der Waals surface area contributed by atoms with Crippen molar-refractivity contribution >= 4 is 18.2 Å². The van der Waals surface area contributed by atoms with Crippen molar-refractivity contribution in [1.82, 2.24) is 4.98 Å². The highest BCUT2D eigenvalue weighted by molar-refractivity contribution is 5.99. The minimum absolute atomic E-state index is 0. The zero-order valence-corrected chi connectivity index (χ0v) is 7.02. The van der Waals surface area contributed by atoms with Crippen LogP contribution in [0.5, 0.6) is 0 Å². The second-order valence-electron chi connectivity index (χ2n) is 2.07. The topological polar surface area (TPSA) is 30.0 Å². The summed E-state index contributed by atoms with van der Waals surface area (Å²) >= 11 is 0. The van der Waals surface area contributed by atoms with Crippen LogP contribution < -0.4 is 0 Å². The molecule has 0 amide bonds. The fraction of sp³-hybridized carbons (Fsp3) is 0.143. The highest BCUT2D eigenvalue weighted by atomic mass is 35.5. The molecule has 0 spiro atoms. The lowest BCUT2D eigenvalue weighted by Gasteiger charge is -2.02. The van der Waals surface area contributed by atoms with Crippen molar-refractivity contribution in [3.8, 4) is 0 Å². The molecule has 0 radical (unpaired) electrons. The van der Waals surface area contributed by atoms with E-state index in [0.717, 1.165) is 12.3 Å². The molecule has 0 unspecified atom stereocenters. The van der Waals surface area contributed by atoms with Gasteiger partial charge in [0, 0.05) is 18.0 Å². The second-order valence-corrected chi connectivity index (χ2v) is 2.07. The summed E-state index contributed by atoms with van der Waals surface area (Å²) in [6.07, 6.45) is -2.63. The smallest absolute Gasteiger partial charge is 0.284 e. The molecular weight excluding hydrogens is 207 g/mol. The van der Waals surface area contributed by atoms with E-state index < -0.39 is 17.5 Å². The fourth-order valence-electron chi connectivity index (χ4n) is 0.661. The van der Waals surface area contributed by atoms with Crippen LogP contribution in [0, 0.1) is 0 Å². The molecule has 6 heteroatoms. The molecule has 0 aromatic carbocycles. The van der Waals surface area contributed by atoms with Crippen LogP contribution in [0.15, 0.2) is 24.5 Å². The number of ketones is 1. The van der Waals surface area contributed by atoms with Gasteiger partial charge in [0.05, 0.1) is 0 Å². The van der Waals surface area contributed by atoms with Crippen molar-refractivity contribution in [2.75, 3.05) is 0 Å². The van der Waals surface area contributed by atoms with Gasteiger partial charge in [0.25, 0.3) is 5.78 Å². The lowest BCUT2D eigenvalue weighted by atomic mass is 10.2. The molecule has 0 aliphatic rings. The van der Waals surface area contributed by atoms with Gasteiger partial charge in [-0.3, -0.25) is 9.78 Å². The highest BCUT2D eigenvalue weighted by Crippen LogP contribution is 2.20. The van der Waals surface area contributed by atoms with E-state index in [0.29, 0.717) is 0 Å². The Balaban J connectivity index is 0.00000144. The maximum absolute atomic E-state index is 11.8. The third kappa shape index (κ3) is 3.02. The van der Waals surface area contributed by atoms with Crippen LogP contribution in [-0.2, 0) is 0 Å². The van der Waals surface area contributed by atoms with Gasteiger partial charge in [-0.25, -0.2) is 0 Å². The number of halogens is 4. The van der Waals surface area contributed by atoms with Crippen molar-refractivity contribution in [3.05, 3.63) is 30.1 Å². The number of alkyl halides is 3. The summed E-state index contributed by atoms with van der Waals surface area (Å²) in [6.45, 7) is 0. The van der Waals surface area contributed by atoms with Gasteiger partial charge in [0.15, 0.2) is 0 Å². The molecule has 1 aromatic rings. The van der Waals surface area contributed by atoms with Crippen LogP contribution in [0.1, 0.15) is 10.4 Å². The molecule has 0 saturated heterocycles. The van der Waals surface area contributed by atoms with Crippen LogP contribution in [0.3, 0.4) is 0 Å². The van der Waals surface area contributed by atoms with Crippen LogP contribution in [-0.4, -0.2) is 16.9 Å². The molecule has 13 heavy (non-hydrogen) atoms. The number of nitrogens with zero attached hydrogens (tertiary/aromatic N) is 1. The maximum Gasteiger partial charge on any atom is 0.454 e. The van der Waals surface area contributed by atoms with Gasteiger partial charge in [-0.05, 0) is 12.1 Å². The Morgan fingerprint density at radius 3 is 2.38 bits per heavy atom. The first-order chi connectivity index (χ1) is 5.52. The van der Waals surface area contributed by atoms with Crippen molar-refractivity contribution in [1.29, 1.82) is 0 Å². The fourth-order valence-corrected chi connectivity index (χ4v) is 0.661. The summed E-state index contributed by atoms with van der Waals surface area (Å²) in [7, 11) is 0. The molecule has 1 heterocycles. The van der Waals surface area contributed by atoms with Crippen LogP contribution in [0.4, 0.5) is 13.2 Å². The van der Waals surface area contributed by atoms with Crippen LogP contribution >= 0.6 is 12.4 Å². The summed E-state index contributed by atoms with van der Waals surface area (Å²) in [5.41, 5.74) is -0.440. The summed E-state index contributed by atoms with van der Waals surface area (Å²) in [5.74, 6) is -1.87. The number of rotatable bonds is 1. The summed E-state index contributed by atoms with van der Waals surface area (Å²) < 4.78 is 35.3. The zero-order valence-electron chi connectivity index (χ0n) is 6.21. The number of Topliss-reactive ketones (excluding diaryl/α,β-unsaturated/α-hetero) is 1. The molecule has 0 aliphatic carbocycles. The number of carbonyl (C=O) groups is 1. The molecule has 0 aliphatic heterocycles. The molecule has 72 valence electrons. The Hall–Kier alpha value is -1.10. The number of hydrogen-bond acceptors (Lipinski definition) is 2.